The van der Waals surface area contributed by atoms with E-state index in [2.05, 4.69) is 15.9 Å². The highest BCUT2D eigenvalue weighted by molar-refractivity contribution is 9.10. The number of hydrogen-bond donors (Lipinski definition) is 1. The number of halogens is 1. The first kappa shape index (κ1) is 11.8. The summed E-state index contributed by atoms with van der Waals surface area (Å²) < 4.78 is 10.6. The molecule has 0 saturated carbocycles. The molecule has 15 heavy (non-hydrogen) atoms. The van der Waals surface area contributed by atoms with Gasteiger partial charge in [0.25, 0.3) is 0 Å². The van der Waals surface area contributed by atoms with Gasteiger partial charge in [0, 0.05) is 0 Å². The summed E-state index contributed by atoms with van der Waals surface area (Å²) in [5.74, 6) is 0.105. The minimum atomic E-state index is -0.407. The first-order chi connectivity index (χ1) is 7.10. The molecular formula is C10H12BrNO3. The van der Waals surface area contributed by atoms with E-state index in [4.69, 9.17) is 15.2 Å². The second-order valence-electron chi connectivity index (χ2n) is 2.80. The molecule has 0 aromatic heterocycles. The average Bonchev–Trinajstić information content (AvgIpc) is 2.22. The summed E-state index contributed by atoms with van der Waals surface area (Å²) in [6.45, 7) is 2.08. The van der Waals surface area contributed by atoms with E-state index in [-0.39, 0.29) is 0 Å². The number of hydrogen-bond acceptors (Lipinski definition) is 4. The number of anilines is 1. The quantitative estimate of drug-likeness (QED) is 0.678. The van der Waals surface area contributed by atoms with Crippen LogP contribution in [-0.2, 0) is 4.74 Å². The highest BCUT2D eigenvalue weighted by atomic mass is 79.9. The molecule has 5 heteroatoms. The van der Waals surface area contributed by atoms with Crippen molar-refractivity contribution in [2.24, 2.45) is 0 Å². The summed E-state index contributed by atoms with van der Waals surface area (Å²) in [5.41, 5.74) is 6.52. The molecule has 0 amide bonds. The van der Waals surface area contributed by atoms with Crippen LogP contribution >= 0.6 is 15.9 Å². The van der Waals surface area contributed by atoms with E-state index in [1.54, 1.807) is 19.1 Å². The molecule has 1 aromatic carbocycles. The summed E-state index contributed by atoms with van der Waals surface area (Å²) in [6.07, 6.45) is 0. The molecule has 0 unspecified atom stereocenters. The molecule has 0 heterocycles. The van der Waals surface area contributed by atoms with E-state index >= 15 is 0 Å². The van der Waals surface area contributed by atoms with E-state index < -0.39 is 5.97 Å². The van der Waals surface area contributed by atoms with Crippen molar-refractivity contribution >= 4 is 27.6 Å². The fraction of sp³-hybridized carbons (Fsp3) is 0.300. The van der Waals surface area contributed by atoms with Gasteiger partial charge in [-0.05, 0) is 35.0 Å². The lowest BCUT2D eigenvalue weighted by molar-refractivity contribution is 0.0526. The molecule has 2 N–H and O–H groups in total. The molecule has 1 rings (SSSR count). The summed E-state index contributed by atoms with van der Waals surface area (Å²) in [7, 11) is 1.51. The molecule has 0 bridgehead atoms. The lowest BCUT2D eigenvalue weighted by atomic mass is 10.2. The van der Waals surface area contributed by atoms with Crippen LogP contribution in [0.25, 0.3) is 0 Å². The van der Waals surface area contributed by atoms with Crippen molar-refractivity contribution in [1.82, 2.24) is 0 Å². The Morgan fingerprint density at radius 1 is 1.53 bits per heavy atom. The third kappa shape index (κ3) is 2.62. The number of nitrogens with two attached hydrogens (primary N) is 1. The van der Waals surface area contributed by atoms with Crippen LogP contribution in [-0.4, -0.2) is 19.7 Å². The highest BCUT2D eigenvalue weighted by Gasteiger charge is 2.12. The van der Waals surface area contributed by atoms with Gasteiger partial charge in [0.15, 0.2) is 0 Å². The molecule has 0 spiro atoms. The van der Waals surface area contributed by atoms with E-state index in [1.807, 2.05) is 0 Å². The van der Waals surface area contributed by atoms with Crippen molar-refractivity contribution in [3.63, 3.8) is 0 Å². The Labute approximate surface area is 96.5 Å². The predicted molar refractivity (Wildman–Crippen MR) is 61.1 cm³/mol. The van der Waals surface area contributed by atoms with E-state index in [1.165, 1.54) is 7.11 Å². The van der Waals surface area contributed by atoms with Crippen molar-refractivity contribution in [3.8, 4) is 5.75 Å². The standard InChI is InChI=1S/C10H12BrNO3/c1-3-15-10(13)6-4-7(12)9(11)8(5-6)14-2/h4-5H,3,12H2,1-2H3. The summed E-state index contributed by atoms with van der Waals surface area (Å²) in [6, 6.07) is 3.13. The maximum atomic E-state index is 11.4. The fourth-order valence-electron chi connectivity index (χ4n) is 1.10. The maximum Gasteiger partial charge on any atom is 0.338 e. The molecule has 0 aliphatic carbocycles. The van der Waals surface area contributed by atoms with Crippen molar-refractivity contribution in [2.75, 3.05) is 19.5 Å². The van der Waals surface area contributed by atoms with Crippen LogP contribution in [0, 0.1) is 0 Å². The molecule has 0 aliphatic rings. The van der Waals surface area contributed by atoms with Gasteiger partial charge in [0.2, 0.25) is 0 Å². The zero-order valence-electron chi connectivity index (χ0n) is 8.54. The van der Waals surface area contributed by atoms with Crippen LogP contribution in [0.5, 0.6) is 5.75 Å². The van der Waals surface area contributed by atoms with Crippen LogP contribution in [0.2, 0.25) is 0 Å². The minimum absolute atomic E-state index is 0.330. The van der Waals surface area contributed by atoms with E-state index in [0.717, 1.165) is 0 Å². The van der Waals surface area contributed by atoms with Crippen molar-refractivity contribution in [2.45, 2.75) is 6.92 Å². The Balaban J connectivity index is 3.10. The third-order valence-electron chi connectivity index (χ3n) is 1.80. The largest absolute Gasteiger partial charge is 0.495 e. The number of carbonyl (C=O) groups is 1. The van der Waals surface area contributed by atoms with Gasteiger partial charge in [0.05, 0.1) is 29.4 Å². The van der Waals surface area contributed by atoms with Crippen LogP contribution in [0.3, 0.4) is 0 Å². The highest BCUT2D eigenvalue weighted by Crippen LogP contribution is 2.32. The molecule has 0 atom stereocenters. The molecule has 82 valence electrons. The van der Waals surface area contributed by atoms with Crippen LogP contribution in [0.1, 0.15) is 17.3 Å². The van der Waals surface area contributed by atoms with Gasteiger partial charge in [-0.1, -0.05) is 0 Å². The van der Waals surface area contributed by atoms with Crippen molar-refractivity contribution in [3.05, 3.63) is 22.2 Å². The van der Waals surface area contributed by atoms with Crippen molar-refractivity contribution in [1.29, 1.82) is 0 Å². The van der Waals surface area contributed by atoms with Gasteiger partial charge < -0.3 is 15.2 Å². The second-order valence-corrected chi connectivity index (χ2v) is 3.60. The SMILES string of the molecule is CCOC(=O)c1cc(N)c(Br)c(OC)c1. The number of ether oxygens (including phenoxy) is 2. The smallest absolute Gasteiger partial charge is 0.338 e. The lowest BCUT2D eigenvalue weighted by Crippen LogP contribution is -2.06. The van der Waals surface area contributed by atoms with Crippen LogP contribution in [0.4, 0.5) is 5.69 Å². The van der Waals surface area contributed by atoms with Gasteiger partial charge in [-0.15, -0.1) is 0 Å². The molecule has 0 saturated heterocycles. The van der Waals surface area contributed by atoms with Crippen LogP contribution < -0.4 is 10.5 Å². The van der Waals surface area contributed by atoms with Gasteiger partial charge in [-0.2, -0.15) is 0 Å². The lowest BCUT2D eigenvalue weighted by Gasteiger charge is -2.08. The number of carbonyl (C=O) groups excluding carboxylic acids is 1. The van der Waals surface area contributed by atoms with Crippen LogP contribution in [0.15, 0.2) is 16.6 Å². The second kappa shape index (κ2) is 5.02. The van der Waals surface area contributed by atoms with Gasteiger partial charge in [-0.3, -0.25) is 0 Å². The molecule has 0 radical (unpaired) electrons. The van der Waals surface area contributed by atoms with E-state index in [0.29, 0.717) is 28.1 Å². The summed E-state index contributed by atoms with van der Waals surface area (Å²) >= 11 is 3.26. The summed E-state index contributed by atoms with van der Waals surface area (Å²) in [5, 5.41) is 0. The Kier molecular flexibility index (Phi) is 3.96. The normalized spacial score (nSPS) is 9.80. The molecular weight excluding hydrogens is 262 g/mol. The Morgan fingerprint density at radius 3 is 2.73 bits per heavy atom. The number of benzene rings is 1. The van der Waals surface area contributed by atoms with Gasteiger partial charge in [0.1, 0.15) is 5.75 Å². The zero-order chi connectivity index (χ0) is 11.4. The monoisotopic (exact) mass is 273 g/mol. The van der Waals surface area contributed by atoms with Gasteiger partial charge in [-0.25, -0.2) is 4.79 Å². The molecule has 0 aliphatic heterocycles. The Bertz CT molecular complexity index is 379. The Hall–Kier alpha value is -1.23. The molecule has 1 aromatic rings. The first-order valence-corrected chi connectivity index (χ1v) is 5.19. The number of methoxy groups -OCH3 is 1. The topological polar surface area (TPSA) is 61.5 Å². The Morgan fingerprint density at radius 2 is 2.20 bits per heavy atom. The summed E-state index contributed by atoms with van der Waals surface area (Å²) in [4.78, 5) is 11.4. The third-order valence-corrected chi connectivity index (χ3v) is 2.65. The van der Waals surface area contributed by atoms with E-state index in [9.17, 15) is 4.79 Å². The fourth-order valence-corrected chi connectivity index (χ4v) is 1.49. The average molecular weight is 274 g/mol. The zero-order valence-corrected chi connectivity index (χ0v) is 10.1. The number of nitrogen functional groups attached to an aromatic ring is 1. The van der Waals surface area contributed by atoms with Crippen molar-refractivity contribution < 1.29 is 14.3 Å². The van der Waals surface area contributed by atoms with Gasteiger partial charge >= 0.3 is 5.97 Å². The molecule has 0 fully saturated rings. The first-order valence-electron chi connectivity index (χ1n) is 4.40. The number of esters is 1. The molecule has 4 nitrogen and oxygen atoms in total. The predicted octanol–water partition coefficient (Wildman–Crippen LogP) is 2.22. The minimum Gasteiger partial charge on any atom is -0.495 e. The number of rotatable bonds is 3. The maximum absolute atomic E-state index is 11.4.